The van der Waals surface area contributed by atoms with Gasteiger partial charge >= 0.3 is 12.1 Å². The van der Waals surface area contributed by atoms with Crippen LogP contribution in [-0.2, 0) is 9.53 Å². The Bertz CT molecular complexity index is 844. The predicted molar refractivity (Wildman–Crippen MR) is 108 cm³/mol. The molecule has 5 heteroatoms. The fraction of sp³-hybridized carbons (Fsp3) is 0.304. The second-order valence-corrected chi connectivity index (χ2v) is 6.85. The molecular formula is C23H25NO4. The van der Waals surface area contributed by atoms with Gasteiger partial charge in [0.2, 0.25) is 0 Å². The molecular weight excluding hydrogens is 354 g/mol. The van der Waals surface area contributed by atoms with E-state index in [1.807, 2.05) is 37.3 Å². The number of hydrogen-bond acceptors (Lipinski definition) is 3. The first-order chi connectivity index (χ1) is 13.5. The van der Waals surface area contributed by atoms with Crippen LogP contribution in [0.3, 0.4) is 0 Å². The lowest BCUT2D eigenvalue weighted by Gasteiger charge is -2.25. The van der Waals surface area contributed by atoms with Crippen LogP contribution in [0.5, 0.6) is 0 Å². The first-order valence-electron chi connectivity index (χ1n) is 9.54. The van der Waals surface area contributed by atoms with E-state index in [1.165, 1.54) is 11.8 Å². The fourth-order valence-corrected chi connectivity index (χ4v) is 3.56. The third kappa shape index (κ3) is 3.93. The van der Waals surface area contributed by atoms with Crippen molar-refractivity contribution in [1.29, 1.82) is 0 Å². The Balaban J connectivity index is 1.77. The van der Waals surface area contributed by atoms with Crippen LogP contribution in [-0.4, -0.2) is 41.3 Å². The summed E-state index contributed by atoms with van der Waals surface area (Å²) in [6, 6.07) is 15.2. The maximum absolute atomic E-state index is 12.7. The Morgan fingerprint density at radius 1 is 1.07 bits per heavy atom. The summed E-state index contributed by atoms with van der Waals surface area (Å²) in [5.74, 6) is -1.11. The molecule has 0 fully saturated rings. The molecule has 146 valence electrons. The lowest BCUT2D eigenvalue weighted by molar-refractivity contribution is -0.141. The Hall–Kier alpha value is -3.08. The highest BCUT2D eigenvalue weighted by atomic mass is 16.6. The van der Waals surface area contributed by atoms with Crippen molar-refractivity contribution in [1.82, 2.24) is 4.90 Å². The molecule has 0 bridgehead atoms. The number of carbonyl (C=O) groups excluding carboxylic acids is 1. The number of carboxylic acid groups (broad SMARTS) is 1. The fourth-order valence-electron chi connectivity index (χ4n) is 3.56. The van der Waals surface area contributed by atoms with Crippen LogP contribution in [0.4, 0.5) is 4.79 Å². The maximum atomic E-state index is 12.7. The van der Waals surface area contributed by atoms with Crippen molar-refractivity contribution < 1.29 is 19.4 Å². The van der Waals surface area contributed by atoms with Crippen LogP contribution in [0.25, 0.3) is 11.1 Å². The number of carboxylic acids is 1. The molecule has 0 aliphatic heterocycles. The van der Waals surface area contributed by atoms with Crippen molar-refractivity contribution in [2.24, 2.45) is 0 Å². The standard InChI is InChI=1S/C23H25NO4/c1-3-4-9-14-24(16(2)22(25)26)23(27)28-15-21-19-12-7-5-10-17(19)18-11-6-8-13-20(18)21/h4-13,16,21H,3,14-15H2,1-2H3,(H,25,26)/t16-/m1/s1. The topological polar surface area (TPSA) is 66.8 Å². The van der Waals surface area contributed by atoms with Crippen LogP contribution >= 0.6 is 0 Å². The number of ether oxygens (including phenoxy) is 1. The van der Waals surface area contributed by atoms with Crippen molar-refractivity contribution >= 4 is 12.1 Å². The van der Waals surface area contributed by atoms with Gasteiger partial charge in [-0.2, -0.15) is 0 Å². The highest BCUT2D eigenvalue weighted by molar-refractivity contribution is 5.81. The summed E-state index contributed by atoms with van der Waals surface area (Å²) in [6.07, 6.45) is 3.90. The second kappa shape index (κ2) is 8.74. The summed E-state index contributed by atoms with van der Waals surface area (Å²) in [6.45, 7) is 3.85. The maximum Gasteiger partial charge on any atom is 0.410 e. The molecule has 0 saturated heterocycles. The van der Waals surface area contributed by atoms with E-state index in [0.717, 1.165) is 28.7 Å². The molecule has 1 aliphatic carbocycles. The molecule has 1 amide bonds. The molecule has 2 aromatic carbocycles. The van der Waals surface area contributed by atoms with E-state index in [0.29, 0.717) is 0 Å². The second-order valence-electron chi connectivity index (χ2n) is 6.85. The zero-order chi connectivity index (χ0) is 20.1. The minimum atomic E-state index is -1.06. The van der Waals surface area contributed by atoms with Gasteiger partial charge in [0.1, 0.15) is 12.6 Å². The summed E-state index contributed by atoms with van der Waals surface area (Å²) in [7, 11) is 0. The Labute approximate surface area is 165 Å². The van der Waals surface area contributed by atoms with Gasteiger partial charge in [-0.3, -0.25) is 4.90 Å². The van der Waals surface area contributed by atoms with Gasteiger partial charge in [-0.15, -0.1) is 0 Å². The SMILES string of the molecule is CCC=CCN(C(=O)OCC1c2ccccc2-c2ccccc21)[C@H](C)C(=O)O. The van der Waals surface area contributed by atoms with Gasteiger partial charge in [0.05, 0.1) is 0 Å². The zero-order valence-electron chi connectivity index (χ0n) is 16.2. The van der Waals surface area contributed by atoms with Gasteiger partial charge in [-0.1, -0.05) is 67.6 Å². The van der Waals surface area contributed by atoms with E-state index < -0.39 is 18.1 Å². The van der Waals surface area contributed by atoms with E-state index in [1.54, 1.807) is 6.08 Å². The summed E-state index contributed by atoms with van der Waals surface area (Å²) < 4.78 is 5.59. The van der Waals surface area contributed by atoms with Crippen molar-refractivity contribution in [2.45, 2.75) is 32.2 Å². The number of rotatable bonds is 7. The number of aliphatic carboxylic acids is 1. The van der Waals surface area contributed by atoms with Crippen LogP contribution in [0.2, 0.25) is 0 Å². The molecule has 1 aliphatic rings. The van der Waals surface area contributed by atoms with Gasteiger partial charge < -0.3 is 9.84 Å². The van der Waals surface area contributed by atoms with E-state index in [-0.39, 0.29) is 19.1 Å². The quantitative estimate of drug-likeness (QED) is 0.710. The number of allylic oxidation sites excluding steroid dienone is 1. The average molecular weight is 379 g/mol. The van der Waals surface area contributed by atoms with E-state index >= 15 is 0 Å². The minimum Gasteiger partial charge on any atom is -0.480 e. The van der Waals surface area contributed by atoms with E-state index in [4.69, 9.17) is 4.74 Å². The summed E-state index contributed by atoms with van der Waals surface area (Å²) >= 11 is 0. The zero-order valence-corrected chi connectivity index (χ0v) is 16.2. The number of nitrogens with zero attached hydrogens (tertiary/aromatic N) is 1. The largest absolute Gasteiger partial charge is 0.480 e. The van der Waals surface area contributed by atoms with Gasteiger partial charge in [0.15, 0.2) is 0 Å². The van der Waals surface area contributed by atoms with Crippen LogP contribution in [0.15, 0.2) is 60.7 Å². The van der Waals surface area contributed by atoms with Gasteiger partial charge in [-0.05, 0) is 35.6 Å². The van der Waals surface area contributed by atoms with Gasteiger partial charge in [0, 0.05) is 12.5 Å². The Morgan fingerprint density at radius 2 is 1.64 bits per heavy atom. The molecule has 28 heavy (non-hydrogen) atoms. The van der Waals surface area contributed by atoms with Crippen LogP contribution in [0, 0.1) is 0 Å². The van der Waals surface area contributed by atoms with Crippen molar-refractivity contribution in [2.75, 3.05) is 13.2 Å². The molecule has 1 N–H and O–H groups in total. The number of carbonyl (C=O) groups is 2. The van der Waals surface area contributed by atoms with E-state index in [2.05, 4.69) is 24.3 Å². The molecule has 0 spiro atoms. The highest BCUT2D eigenvalue weighted by Gasteiger charge is 2.31. The lowest BCUT2D eigenvalue weighted by Crippen LogP contribution is -2.44. The van der Waals surface area contributed by atoms with Gasteiger partial charge in [0.25, 0.3) is 0 Å². The number of hydrogen-bond donors (Lipinski definition) is 1. The number of benzene rings is 2. The van der Waals surface area contributed by atoms with Gasteiger partial charge in [-0.25, -0.2) is 9.59 Å². The third-order valence-electron chi connectivity index (χ3n) is 5.10. The van der Waals surface area contributed by atoms with Crippen LogP contribution < -0.4 is 0 Å². The lowest BCUT2D eigenvalue weighted by atomic mass is 9.98. The molecule has 3 rings (SSSR count). The molecule has 0 aromatic heterocycles. The first kappa shape index (κ1) is 19.7. The molecule has 0 saturated carbocycles. The third-order valence-corrected chi connectivity index (χ3v) is 5.10. The van der Waals surface area contributed by atoms with Crippen molar-refractivity contribution in [3.8, 4) is 11.1 Å². The molecule has 1 atom stereocenters. The Morgan fingerprint density at radius 3 is 2.18 bits per heavy atom. The number of amides is 1. The van der Waals surface area contributed by atoms with Crippen molar-refractivity contribution in [3.63, 3.8) is 0 Å². The molecule has 0 unspecified atom stereocenters. The van der Waals surface area contributed by atoms with E-state index in [9.17, 15) is 14.7 Å². The highest BCUT2D eigenvalue weighted by Crippen LogP contribution is 2.44. The monoisotopic (exact) mass is 379 g/mol. The molecule has 5 nitrogen and oxygen atoms in total. The molecule has 2 aromatic rings. The van der Waals surface area contributed by atoms with Crippen molar-refractivity contribution in [3.05, 3.63) is 71.8 Å². The summed E-state index contributed by atoms with van der Waals surface area (Å²) in [5, 5.41) is 9.32. The molecule has 0 heterocycles. The smallest absolute Gasteiger partial charge is 0.410 e. The summed E-state index contributed by atoms with van der Waals surface area (Å²) in [4.78, 5) is 25.3. The normalized spacial score (nSPS) is 13.8. The minimum absolute atomic E-state index is 0.0514. The summed E-state index contributed by atoms with van der Waals surface area (Å²) in [5.41, 5.74) is 4.56. The molecule has 0 radical (unpaired) electrons. The average Bonchev–Trinajstić information content (AvgIpc) is 3.03. The predicted octanol–water partition coefficient (Wildman–Crippen LogP) is 4.68. The van der Waals surface area contributed by atoms with Crippen LogP contribution in [0.1, 0.15) is 37.3 Å². The first-order valence-corrected chi connectivity index (χ1v) is 9.54. The Kier molecular flexibility index (Phi) is 6.14. The number of fused-ring (bicyclic) bond motifs is 3.